The summed E-state index contributed by atoms with van der Waals surface area (Å²) < 4.78 is 12.8. The first-order valence-electron chi connectivity index (χ1n) is 7.37. The Balaban J connectivity index is 0.00000264. The van der Waals surface area contributed by atoms with Gasteiger partial charge >= 0.3 is 0 Å². The van der Waals surface area contributed by atoms with Crippen LogP contribution in [0, 0.1) is 5.82 Å². The quantitative estimate of drug-likeness (QED) is 0.836. The van der Waals surface area contributed by atoms with Gasteiger partial charge in [-0.3, -0.25) is 4.79 Å². The van der Waals surface area contributed by atoms with Crippen LogP contribution in [0.2, 0.25) is 0 Å². The Morgan fingerprint density at radius 1 is 1.08 bits per heavy atom. The average molecular weight is 374 g/mol. The van der Waals surface area contributed by atoms with Crippen molar-refractivity contribution in [1.82, 2.24) is 10.3 Å². The van der Waals surface area contributed by atoms with Gasteiger partial charge in [0.1, 0.15) is 11.6 Å². The van der Waals surface area contributed by atoms with Crippen molar-refractivity contribution in [2.75, 3.05) is 18.0 Å². The van der Waals surface area contributed by atoms with Crippen LogP contribution in [0.25, 0.3) is 0 Å². The third-order valence-electron chi connectivity index (χ3n) is 3.46. The van der Waals surface area contributed by atoms with Crippen LogP contribution >= 0.6 is 24.8 Å². The Hall–Kier alpha value is -1.85. The van der Waals surface area contributed by atoms with Gasteiger partial charge in [-0.05, 0) is 49.7 Å². The van der Waals surface area contributed by atoms with E-state index in [4.69, 9.17) is 0 Å². The highest BCUT2D eigenvalue weighted by Gasteiger charge is 2.06. The molecule has 0 aliphatic rings. The fraction of sp³-hybridized carbons (Fsp3) is 0.294. The summed E-state index contributed by atoms with van der Waals surface area (Å²) in [6.07, 6.45) is 1.76. The Bertz CT molecular complexity index is 617. The Morgan fingerprint density at radius 2 is 1.71 bits per heavy atom. The molecule has 2 rings (SSSR count). The van der Waals surface area contributed by atoms with Crippen molar-refractivity contribution >= 4 is 36.5 Å². The molecule has 0 spiro atoms. The second kappa shape index (κ2) is 10.8. The molecule has 0 atom stereocenters. The van der Waals surface area contributed by atoms with Crippen LogP contribution < -0.4 is 10.2 Å². The topological polar surface area (TPSA) is 45.2 Å². The molecule has 0 fully saturated rings. The number of halogens is 3. The maximum Gasteiger partial charge on any atom is 0.251 e. The summed E-state index contributed by atoms with van der Waals surface area (Å²) in [7, 11) is 0. The van der Waals surface area contributed by atoms with Crippen molar-refractivity contribution in [2.45, 2.75) is 20.4 Å². The lowest BCUT2D eigenvalue weighted by molar-refractivity contribution is 0.0951. The largest absolute Gasteiger partial charge is 0.357 e. The Kier molecular flexibility index (Phi) is 10.0. The smallest absolute Gasteiger partial charge is 0.251 e. The molecular weight excluding hydrogens is 352 g/mol. The highest BCUT2D eigenvalue weighted by Crippen LogP contribution is 2.11. The lowest BCUT2D eigenvalue weighted by Crippen LogP contribution is -2.24. The van der Waals surface area contributed by atoms with Gasteiger partial charge in [0.05, 0.1) is 0 Å². The van der Waals surface area contributed by atoms with Crippen LogP contribution in [-0.2, 0) is 6.54 Å². The number of benzene rings is 1. The lowest BCUT2D eigenvalue weighted by atomic mass is 10.2. The maximum absolute atomic E-state index is 12.8. The zero-order valence-electron chi connectivity index (χ0n) is 13.7. The first kappa shape index (κ1) is 22.1. The van der Waals surface area contributed by atoms with Gasteiger partial charge in [0, 0.05) is 31.4 Å². The van der Waals surface area contributed by atoms with Gasteiger partial charge in [-0.25, -0.2) is 9.37 Å². The molecule has 4 nitrogen and oxygen atoms in total. The number of rotatable bonds is 6. The second-order valence-corrected chi connectivity index (χ2v) is 4.89. The summed E-state index contributed by atoms with van der Waals surface area (Å²) in [5.41, 5.74) is 1.36. The van der Waals surface area contributed by atoms with Crippen LogP contribution in [0.3, 0.4) is 0 Å². The minimum absolute atomic E-state index is 0. The van der Waals surface area contributed by atoms with Crippen molar-refractivity contribution < 1.29 is 9.18 Å². The van der Waals surface area contributed by atoms with Crippen molar-refractivity contribution in [1.29, 1.82) is 0 Å². The van der Waals surface area contributed by atoms with E-state index in [0.29, 0.717) is 12.1 Å². The molecule has 24 heavy (non-hydrogen) atoms. The van der Waals surface area contributed by atoms with Crippen molar-refractivity contribution in [3.63, 3.8) is 0 Å². The van der Waals surface area contributed by atoms with Gasteiger partial charge in [-0.2, -0.15) is 0 Å². The second-order valence-electron chi connectivity index (χ2n) is 4.89. The van der Waals surface area contributed by atoms with Gasteiger partial charge in [0.2, 0.25) is 0 Å². The number of hydrogen-bond acceptors (Lipinski definition) is 3. The van der Waals surface area contributed by atoms with Crippen LogP contribution in [-0.4, -0.2) is 24.0 Å². The predicted octanol–water partition coefficient (Wildman–Crippen LogP) is 3.84. The number of nitrogens with zero attached hydrogens (tertiary/aromatic N) is 2. The van der Waals surface area contributed by atoms with Gasteiger partial charge in [-0.15, -0.1) is 24.8 Å². The molecule has 1 aromatic carbocycles. The fourth-order valence-electron chi connectivity index (χ4n) is 2.14. The van der Waals surface area contributed by atoms with Crippen LogP contribution in [0.1, 0.15) is 29.8 Å². The minimum atomic E-state index is -0.354. The minimum Gasteiger partial charge on any atom is -0.357 e. The highest BCUT2D eigenvalue weighted by atomic mass is 35.5. The van der Waals surface area contributed by atoms with Gasteiger partial charge in [0.15, 0.2) is 0 Å². The van der Waals surface area contributed by atoms with E-state index in [-0.39, 0.29) is 36.5 Å². The Labute approximate surface area is 154 Å². The number of nitrogens with one attached hydrogen (secondary N) is 1. The molecule has 0 aliphatic heterocycles. The molecule has 1 aromatic heterocycles. The molecule has 0 saturated carbocycles. The van der Waals surface area contributed by atoms with E-state index >= 15 is 0 Å². The lowest BCUT2D eigenvalue weighted by Gasteiger charge is -2.19. The normalized spacial score (nSPS) is 9.46. The summed E-state index contributed by atoms with van der Waals surface area (Å²) in [5, 5.41) is 2.80. The zero-order chi connectivity index (χ0) is 15.9. The summed E-state index contributed by atoms with van der Waals surface area (Å²) in [4.78, 5) is 18.5. The molecular formula is C17H22Cl2FN3O. The molecule has 0 radical (unpaired) electrons. The van der Waals surface area contributed by atoms with E-state index in [9.17, 15) is 9.18 Å². The first-order valence-corrected chi connectivity index (χ1v) is 7.37. The third kappa shape index (κ3) is 5.98. The van der Waals surface area contributed by atoms with E-state index < -0.39 is 0 Å². The molecule has 0 bridgehead atoms. The van der Waals surface area contributed by atoms with Crippen LogP contribution in [0.5, 0.6) is 0 Å². The first-order chi connectivity index (χ1) is 10.6. The highest BCUT2D eigenvalue weighted by molar-refractivity contribution is 5.94. The Morgan fingerprint density at radius 3 is 2.21 bits per heavy atom. The summed E-state index contributed by atoms with van der Waals surface area (Å²) >= 11 is 0. The van der Waals surface area contributed by atoms with E-state index in [1.807, 2.05) is 12.1 Å². The van der Waals surface area contributed by atoms with Crippen molar-refractivity contribution in [3.05, 3.63) is 59.5 Å². The van der Waals surface area contributed by atoms with Gasteiger partial charge < -0.3 is 10.2 Å². The van der Waals surface area contributed by atoms with Crippen LogP contribution in [0.15, 0.2) is 42.6 Å². The summed E-state index contributed by atoms with van der Waals surface area (Å²) in [6, 6.07) is 9.38. The summed E-state index contributed by atoms with van der Waals surface area (Å²) in [6.45, 7) is 6.38. The third-order valence-corrected chi connectivity index (χ3v) is 3.46. The number of pyridine rings is 1. The molecule has 1 N–H and O–H groups in total. The van der Waals surface area contributed by atoms with E-state index in [0.717, 1.165) is 24.5 Å². The number of carbonyl (C=O) groups excluding carboxylic acids is 1. The molecule has 0 saturated heterocycles. The van der Waals surface area contributed by atoms with Crippen molar-refractivity contribution in [2.24, 2.45) is 0 Å². The molecule has 2 aromatic rings. The fourth-order valence-corrected chi connectivity index (χ4v) is 2.14. The molecule has 7 heteroatoms. The van der Waals surface area contributed by atoms with Crippen molar-refractivity contribution in [3.8, 4) is 0 Å². The number of aromatic nitrogens is 1. The number of hydrogen-bond donors (Lipinski definition) is 1. The molecule has 0 unspecified atom stereocenters. The molecule has 1 amide bonds. The number of amides is 1. The van der Waals surface area contributed by atoms with E-state index in [1.165, 1.54) is 24.3 Å². The van der Waals surface area contributed by atoms with E-state index in [1.54, 1.807) is 6.20 Å². The molecule has 132 valence electrons. The maximum atomic E-state index is 12.8. The predicted molar refractivity (Wildman–Crippen MR) is 99.9 cm³/mol. The molecule has 1 heterocycles. The van der Waals surface area contributed by atoms with E-state index in [2.05, 4.69) is 29.0 Å². The molecule has 0 aliphatic carbocycles. The average Bonchev–Trinajstić information content (AvgIpc) is 2.55. The van der Waals surface area contributed by atoms with Crippen LogP contribution in [0.4, 0.5) is 10.2 Å². The number of carbonyl (C=O) groups is 1. The van der Waals surface area contributed by atoms with Gasteiger partial charge in [0.25, 0.3) is 5.91 Å². The standard InChI is InChI=1S/C17H20FN3O.2ClH/c1-3-21(4-2)16-10-5-13(11-19-16)12-20-17(22)14-6-8-15(18)9-7-14;;/h5-11H,3-4,12H2,1-2H3,(H,20,22);2*1H. The SMILES string of the molecule is CCN(CC)c1ccc(CNC(=O)c2ccc(F)cc2)cn1.Cl.Cl. The van der Waals surface area contributed by atoms with Gasteiger partial charge in [-0.1, -0.05) is 6.07 Å². The zero-order valence-corrected chi connectivity index (χ0v) is 15.3. The monoisotopic (exact) mass is 373 g/mol. The summed E-state index contributed by atoms with van der Waals surface area (Å²) in [5.74, 6) is 0.346. The number of anilines is 1.